The smallest absolute Gasteiger partial charge is 0.411 e. The zero-order valence-electron chi connectivity index (χ0n) is 9.54. The molecule has 1 aromatic carbocycles. The third kappa shape index (κ3) is 2.19. The van der Waals surface area contributed by atoms with Crippen LogP contribution >= 0.6 is 15.9 Å². The zero-order chi connectivity index (χ0) is 13.3. The van der Waals surface area contributed by atoms with Crippen LogP contribution in [0, 0.1) is 0 Å². The monoisotopic (exact) mass is 314 g/mol. The van der Waals surface area contributed by atoms with Crippen LogP contribution in [0.1, 0.15) is 11.7 Å². The maximum Gasteiger partial charge on any atom is 0.411 e. The number of hydrogen-bond donors (Lipinski definition) is 1. The predicted molar refractivity (Wildman–Crippen MR) is 64.6 cm³/mol. The minimum Gasteiger partial charge on any atom is -0.453 e. The van der Waals surface area contributed by atoms with Crippen LogP contribution in [0.5, 0.6) is 0 Å². The maximum atomic E-state index is 11.6. The molecule has 0 saturated carbocycles. The molecule has 0 aromatic heterocycles. The Morgan fingerprint density at radius 1 is 1.56 bits per heavy atom. The first-order valence-electron chi connectivity index (χ1n) is 5.15. The van der Waals surface area contributed by atoms with Crippen LogP contribution in [0.3, 0.4) is 0 Å². The SMILES string of the molecule is COC(=O)N1CC(=O)N(O)C1c1cccc(Br)c1. The highest BCUT2D eigenvalue weighted by atomic mass is 79.9. The van der Waals surface area contributed by atoms with Crippen molar-refractivity contribution in [2.45, 2.75) is 6.17 Å². The molecule has 18 heavy (non-hydrogen) atoms. The minimum absolute atomic E-state index is 0.208. The van der Waals surface area contributed by atoms with Gasteiger partial charge in [-0.25, -0.2) is 4.79 Å². The fourth-order valence-corrected chi connectivity index (χ4v) is 2.26. The Kier molecular flexibility index (Phi) is 3.53. The van der Waals surface area contributed by atoms with Gasteiger partial charge in [0, 0.05) is 4.47 Å². The lowest BCUT2D eigenvalue weighted by Gasteiger charge is -2.25. The molecule has 1 aromatic rings. The van der Waals surface area contributed by atoms with Gasteiger partial charge in [0.2, 0.25) is 0 Å². The Labute approximate surface area is 112 Å². The number of ether oxygens (including phenoxy) is 1. The van der Waals surface area contributed by atoms with Crippen LogP contribution in [0.2, 0.25) is 0 Å². The van der Waals surface area contributed by atoms with Crippen LogP contribution < -0.4 is 0 Å². The van der Waals surface area contributed by atoms with Crippen molar-refractivity contribution in [1.82, 2.24) is 9.96 Å². The molecule has 2 rings (SSSR count). The second kappa shape index (κ2) is 4.95. The van der Waals surface area contributed by atoms with Gasteiger partial charge in [0.25, 0.3) is 5.91 Å². The van der Waals surface area contributed by atoms with Crippen molar-refractivity contribution >= 4 is 27.9 Å². The summed E-state index contributed by atoms with van der Waals surface area (Å²) >= 11 is 3.30. The normalized spacial score (nSPS) is 19.3. The molecule has 1 N–H and O–H groups in total. The van der Waals surface area contributed by atoms with E-state index in [9.17, 15) is 14.8 Å². The van der Waals surface area contributed by atoms with E-state index in [0.717, 1.165) is 9.37 Å². The lowest BCUT2D eigenvalue weighted by Crippen LogP contribution is -2.34. The van der Waals surface area contributed by atoms with Crippen molar-refractivity contribution < 1.29 is 19.5 Å². The lowest BCUT2D eigenvalue weighted by atomic mass is 10.1. The molecule has 0 radical (unpaired) electrons. The summed E-state index contributed by atoms with van der Waals surface area (Å²) in [5.74, 6) is -0.551. The molecule has 1 aliphatic rings. The second-order valence-electron chi connectivity index (χ2n) is 3.76. The number of halogens is 1. The molecule has 2 amide bonds. The summed E-state index contributed by atoms with van der Waals surface area (Å²) < 4.78 is 5.39. The summed E-state index contributed by atoms with van der Waals surface area (Å²) in [4.78, 5) is 24.2. The van der Waals surface area contributed by atoms with Gasteiger partial charge in [0.1, 0.15) is 6.54 Å². The standard InChI is InChI=1S/C11H11BrN2O4/c1-18-11(16)13-6-9(15)14(17)10(13)7-3-2-4-8(12)5-7/h2-5,10,17H,6H2,1H3. The first-order chi connectivity index (χ1) is 8.54. The molecule has 7 heteroatoms. The van der Waals surface area contributed by atoms with Crippen molar-refractivity contribution in [2.24, 2.45) is 0 Å². The van der Waals surface area contributed by atoms with Gasteiger partial charge in [-0.15, -0.1) is 0 Å². The van der Waals surface area contributed by atoms with E-state index in [1.165, 1.54) is 7.11 Å². The minimum atomic E-state index is -0.859. The third-order valence-corrected chi connectivity index (χ3v) is 3.14. The van der Waals surface area contributed by atoms with E-state index in [4.69, 9.17) is 0 Å². The van der Waals surface area contributed by atoms with E-state index in [1.807, 2.05) is 6.07 Å². The fourth-order valence-electron chi connectivity index (χ4n) is 1.84. The highest BCUT2D eigenvalue weighted by Crippen LogP contribution is 2.30. The summed E-state index contributed by atoms with van der Waals surface area (Å²) in [5, 5.41) is 10.3. The van der Waals surface area contributed by atoms with Crippen molar-refractivity contribution in [3.63, 3.8) is 0 Å². The average molecular weight is 315 g/mol. The Bertz CT molecular complexity index is 494. The quantitative estimate of drug-likeness (QED) is 0.802. The molecule has 1 atom stereocenters. The molecule has 1 fully saturated rings. The van der Waals surface area contributed by atoms with Crippen molar-refractivity contribution in [3.8, 4) is 0 Å². The number of carbonyl (C=O) groups is 2. The molecular weight excluding hydrogens is 304 g/mol. The largest absolute Gasteiger partial charge is 0.453 e. The fraction of sp³-hybridized carbons (Fsp3) is 0.273. The second-order valence-corrected chi connectivity index (χ2v) is 4.68. The number of benzene rings is 1. The summed E-state index contributed by atoms with van der Waals surface area (Å²) in [6.07, 6.45) is -1.52. The molecule has 6 nitrogen and oxygen atoms in total. The van der Waals surface area contributed by atoms with Gasteiger partial charge in [-0.05, 0) is 17.7 Å². The molecule has 1 heterocycles. The van der Waals surface area contributed by atoms with E-state index in [0.29, 0.717) is 10.6 Å². The molecular formula is C11H11BrN2O4. The van der Waals surface area contributed by atoms with Crippen LogP contribution in [0.25, 0.3) is 0 Å². The van der Waals surface area contributed by atoms with Gasteiger partial charge < -0.3 is 4.74 Å². The zero-order valence-corrected chi connectivity index (χ0v) is 11.1. The topological polar surface area (TPSA) is 70.1 Å². The number of carbonyl (C=O) groups excluding carboxylic acids is 2. The van der Waals surface area contributed by atoms with Crippen LogP contribution in [0.4, 0.5) is 4.79 Å². The molecule has 0 aliphatic carbocycles. The Morgan fingerprint density at radius 3 is 2.89 bits per heavy atom. The Morgan fingerprint density at radius 2 is 2.28 bits per heavy atom. The van der Waals surface area contributed by atoms with Gasteiger partial charge in [-0.3, -0.25) is 14.9 Å². The van der Waals surface area contributed by atoms with E-state index >= 15 is 0 Å². The van der Waals surface area contributed by atoms with E-state index < -0.39 is 18.2 Å². The van der Waals surface area contributed by atoms with Crippen molar-refractivity contribution in [1.29, 1.82) is 0 Å². The predicted octanol–water partition coefficient (Wildman–Crippen LogP) is 1.75. The average Bonchev–Trinajstić information content (AvgIpc) is 2.65. The van der Waals surface area contributed by atoms with Crippen molar-refractivity contribution in [3.05, 3.63) is 34.3 Å². The first-order valence-corrected chi connectivity index (χ1v) is 5.95. The van der Waals surface area contributed by atoms with Gasteiger partial charge in [0.15, 0.2) is 6.17 Å². The first kappa shape index (κ1) is 12.8. The molecule has 0 bridgehead atoms. The summed E-state index contributed by atoms with van der Waals surface area (Å²) in [7, 11) is 1.23. The van der Waals surface area contributed by atoms with Crippen molar-refractivity contribution in [2.75, 3.05) is 13.7 Å². The van der Waals surface area contributed by atoms with Gasteiger partial charge in [-0.2, -0.15) is 5.06 Å². The van der Waals surface area contributed by atoms with Gasteiger partial charge >= 0.3 is 6.09 Å². The van der Waals surface area contributed by atoms with Gasteiger partial charge in [0.05, 0.1) is 7.11 Å². The molecule has 0 spiro atoms. The summed E-state index contributed by atoms with van der Waals surface area (Å²) in [6.45, 7) is -0.208. The summed E-state index contributed by atoms with van der Waals surface area (Å²) in [6, 6.07) is 7.01. The highest BCUT2D eigenvalue weighted by molar-refractivity contribution is 9.10. The number of rotatable bonds is 1. The maximum absolute atomic E-state index is 11.6. The Hall–Kier alpha value is -1.60. The number of hydrogen-bond acceptors (Lipinski definition) is 4. The molecule has 96 valence electrons. The van der Waals surface area contributed by atoms with E-state index in [-0.39, 0.29) is 6.54 Å². The van der Waals surface area contributed by atoms with Crippen LogP contribution in [-0.2, 0) is 9.53 Å². The number of methoxy groups -OCH3 is 1. The van der Waals surface area contributed by atoms with E-state index in [1.54, 1.807) is 18.2 Å². The van der Waals surface area contributed by atoms with Gasteiger partial charge in [-0.1, -0.05) is 28.1 Å². The Balaban J connectivity index is 2.38. The summed E-state index contributed by atoms with van der Waals surface area (Å²) in [5.41, 5.74) is 0.614. The van der Waals surface area contributed by atoms with Crippen LogP contribution in [0.15, 0.2) is 28.7 Å². The van der Waals surface area contributed by atoms with E-state index in [2.05, 4.69) is 20.7 Å². The third-order valence-electron chi connectivity index (χ3n) is 2.64. The number of hydroxylamine groups is 2. The number of amides is 2. The molecule has 1 unspecified atom stereocenters. The molecule has 1 saturated heterocycles. The number of nitrogens with zero attached hydrogens (tertiary/aromatic N) is 2. The van der Waals surface area contributed by atoms with Crippen LogP contribution in [-0.4, -0.2) is 40.8 Å². The lowest BCUT2D eigenvalue weighted by molar-refractivity contribution is -0.169. The highest BCUT2D eigenvalue weighted by Gasteiger charge is 2.41. The molecule has 1 aliphatic heterocycles.